The van der Waals surface area contributed by atoms with E-state index >= 15 is 8.78 Å². The second-order valence-corrected chi connectivity index (χ2v) is 21.0. The maximum atomic E-state index is 15.1. The van der Waals surface area contributed by atoms with Crippen LogP contribution in [-0.4, -0.2) is 106 Å². The molecule has 1 heterocycles. The van der Waals surface area contributed by atoms with Crippen molar-refractivity contribution in [2.45, 2.75) is 119 Å². The van der Waals surface area contributed by atoms with E-state index in [4.69, 9.17) is 18.6 Å². The molecule has 0 bridgehead atoms. The number of aromatic nitrogens is 1. The van der Waals surface area contributed by atoms with Gasteiger partial charge in [-0.05, 0) is 60.2 Å². The maximum Gasteiger partial charge on any atom is 0.460 e. The molecule has 2 aromatic rings. The van der Waals surface area contributed by atoms with Crippen molar-refractivity contribution in [2.75, 3.05) is 33.7 Å². The second kappa shape index (κ2) is 21.6. The van der Waals surface area contributed by atoms with Crippen LogP contribution in [0.2, 0.25) is 17.1 Å². The van der Waals surface area contributed by atoms with E-state index in [1.54, 1.807) is 6.92 Å². The van der Waals surface area contributed by atoms with Gasteiger partial charge in [-0.25, -0.2) is 0 Å². The molecule has 1 aromatic heterocycles. The summed E-state index contributed by atoms with van der Waals surface area (Å²) in [5.74, 6) is -58.9. The molecule has 0 saturated carbocycles. The lowest BCUT2D eigenvalue weighted by molar-refractivity contribution is -0.461. The molecule has 0 aliphatic rings. The molecule has 2 rings (SSSR count). The molecule has 0 aliphatic heterocycles. The number of methoxy groups -OCH3 is 1. The van der Waals surface area contributed by atoms with E-state index < -0.39 is 115 Å². The standard InChI is InChI=1S/C41H48F17NO7Si/c1-8-26(19-25(6)9-14-30(60)31-32(61)29(20-59-33(31)62)27-10-12-28(13-11-27)65-22-64-17-16-63-7)21-66-67(23(2)3,24(4)5)18-15-34(42,43)35(44,45)36(46,47)37(48,49)38(50,51)39(52,53)40(54,55)41(56,57)58/h9-14,19-20,23-24,26H,8,15-18,21-22H2,1-7H3,(H2,59,61,62)/b14-9+,25-19+/t26-/m1/s1. The normalized spacial score (nSPS) is 15.0. The lowest BCUT2D eigenvalue weighted by atomic mass is 9.88. The van der Waals surface area contributed by atoms with Gasteiger partial charge in [0.1, 0.15) is 17.1 Å². The van der Waals surface area contributed by atoms with Crippen molar-refractivity contribution in [3.05, 3.63) is 70.2 Å². The smallest absolute Gasteiger partial charge is 0.460 e. The highest BCUT2D eigenvalue weighted by molar-refractivity contribution is 6.76. The highest BCUT2D eigenvalue weighted by Crippen LogP contribution is 2.64. The first kappa shape index (κ1) is 59.0. The van der Waals surface area contributed by atoms with Crippen molar-refractivity contribution >= 4 is 14.1 Å². The van der Waals surface area contributed by atoms with Gasteiger partial charge in [-0.1, -0.05) is 64.5 Å². The summed E-state index contributed by atoms with van der Waals surface area (Å²) in [6.45, 7) is 8.43. The van der Waals surface area contributed by atoms with Crippen LogP contribution < -0.4 is 10.3 Å². The van der Waals surface area contributed by atoms with Crippen LogP contribution in [0.25, 0.3) is 11.1 Å². The van der Waals surface area contributed by atoms with E-state index in [1.165, 1.54) is 84.3 Å². The number of allylic oxidation sites excluding steroid dienone is 3. The highest BCUT2D eigenvalue weighted by atomic mass is 28.4. The summed E-state index contributed by atoms with van der Waals surface area (Å²) >= 11 is 0. The van der Waals surface area contributed by atoms with Gasteiger partial charge in [0.15, 0.2) is 20.9 Å². The number of carbonyl (C=O) groups is 1. The van der Waals surface area contributed by atoms with Gasteiger partial charge < -0.3 is 28.7 Å². The van der Waals surface area contributed by atoms with Crippen LogP contribution in [0.1, 0.15) is 64.7 Å². The minimum atomic E-state index is -8.71. The summed E-state index contributed by atoms with van der Waals surface area (Å²) in [5.41, 5.74) is -2.68. The van der Waals surface area contributed by atoms with E-state index in [0.29, 0.717) is 23.5 Å². The Morgan fingerprint density at radius 2 is 1.27 bits per heavy atom. The molecular formula is C41H48F17NO7Si. The first-order chi connectivity index (χ1) is 30.4. The summed E-state index contributed by atoms with van der Waals surface area (Å²) in [4.78, 5) is 28.2. The Hall–Kier alpha value is -4.17. The molecule has 1 atom stereocenters. The Morgan fingerprint density at radius 3 is 1.75 bits per heavy atom. The van der Waals surface area contributed by atoms with Gasteiger partial charge in [0, 0.05) is 31.9 Å². The van der Waals surface area contributed by atoms with E-state index in [-0.39, 0.29) is 25.4 Å². The molecule has 2 N–H and O–H groups in total. The fraction of sp³-hybridized carbons (Fsp3) is 0.610. The number of ketones is 1. The number of aromatic hydroxyl groups is 1. The Labute approximate surface area is 373 Å². The Morgan fingerprint density at radius 1 is 0.761 bits per heavy atom. The molecule has 67 heavy (non-hydrogen) atoms. The van der Waals surface area contributed by atoms with Crippen LogP contribution >= 0.6 is 0 Å². The van der Waals surface area contributed by atoms with Crippen LogP contribution in [0.3, 0.4) is 0 Å². The molecule has 8 nitrogen and oxygen atoms in total. The third-order valence-corrected chi connectivity index (χ3v) is 16.5. The summed E-state index contributed by atoms with van der Waals surface area (Å²) in [5, 5.41) is 11.0. The van der Waals surface area contributed by atoms with E-state index in [1.807, 2.05) is 0 Å². The largest absolute Gasteiger partial charge is 0.506 e. The van der Waals surface area contributed by atoms with Crippen LogP contribution in [0.5, 0.6) is 11.5 Å². The molecule has 0 amide bonds. The third kappa shape index (κ3) is 11.8. The zero-order valence-electron chi connectivity index (χ0n) is 36.6. The number of ether oxygens (including phenoxy) is 3. The van der Waals surface area contributed by atoms with Crippen LogP contribution in [0.4, 0.5) is 74.6 Å². The number of aromatic amines is 1. The van der Waals surface area contributed by atoms with E-state index in [0.717, 1.165) is 6.08 Å². The second-order valence-electron chi connectivity index (χ2n) is 15.9. The van der Waals surface area contributed by atoms with Gasteiger partial charge in [-0.3, -0.25) is 9.59 Å². The zero-order chi connectivity index (χ0) is 52.0. The maximum absolute atomic E-state index is 15.1. The van der Waals surface area contributed by atoms with Gasteiger partial charge in [0.05, 0.1) is 13.2 Å². The molecule has 26 heteroatoms. The molecule has 0 fully saturated rings. The average Bonchev–Trinajstić information content (AvgIpc) is 3.21. The number of carbonyl (C=O) groups excluding carboxylic acids is 1. The van der Waals surface area contributed by atoms with Gasteiger partial charge in [-0.15, -0.1) is 0 Å². The molecular weight excluding hydrogens is 970 g/mol. The van der Waals surface area contributed by atoms with Crippen molar-refractivity contribution in [1.82, 2.24) is 4.98 Å². The van der Waals surface area contributed by atoms with Crippen molar-refractivity contribution in [2.24, 2.45) is 5.92 Å². The number of alkyl halides is 17. The lowest BCUT2D eigenvalue weighted by Gasteiger charge is -2.44. The first-order valence-electron chi connectivity index (χ1n) is 19.9. The number of benzene rings is 1. The molecule has 0 unspecified atom stereocenters. The van der Waals surface area contributed by atoms with Crippen LogP contribution in [0, 0.1) is 5.92 Å². The van der Waals surface area contributed by atoms with Crippen molar-refractivity contribution in [1.29, 1.82) is 0 Å². The van der Waals surface area contributed by atoms with Crippen molar-refractivity contribution in [3.8, 4) is 22.6 Å². The zero-order valence-corrected chi connectivity index (χ0v) is 37.6. The van der Waals surface area contributed by atoms with E-state index in [9.17, 15) is 80.6 Å². The Kier molecular flexibility index (Phi) is 19.0. The summed E-state index contributed by atoms with van der Waals surface area (Å²) in [6, 6.07) is 4.78. The first-order valence-corrected chi connectivity index (χ1v) is 22.2. The van der Waals surface area contributed by atoms with Crippen molar-refractivity contribution < 1.29 is 103 Å². The summed E-state index contributed by atoms with van der Waals surface area (Å²) in [7, 11) is -2.55. The quantitative estimate of drug-likeness (QED) is 0.0184. The number of H-pyrrole nitrogens is 1. The minimum absolute atomic E-state index is 0.0594. The summed E-state index contributed by atoms with van der Waals surface area (Å²) < 4.78 is 258. The fourth-order valence-electron chi connectivity index (χ4n) is 6.63. The number of hydrogen-bond donors (Lipinski definition) is 2. The lowest BCUT2D eigenvalue weighted by Crippen LogP contribution is -2.74. The minimum Gasteiger partial charge on any atom is -0.506 e. The number of hydrogen-bond acceptors (Lipinski definition) is 7. The number of rotatable bonds is 26. The third-order valence-electron chi connectivity index (χ3n) is 10.9. The number of halogens is 17. The van der Waals surface area contributed by atoms with Gasteiger partial charge in [0.2, 0.25) is 0 Å². The SMILES string of the molecule is CC[C@H](/C=C(C)/C=C/C(=O)c1c(O)c(-c2ccc(OCOCCOC)cc2)c[nH]c1=O)CO[Si](CCC(F)(F)C(F)(F)C(F)(F)C(F)(F)C(F)(F)C(F)(F)C(F)(F)C(F)(F)F)(C(C)C)C(C)C. The molecule has 0 spiro atoms. The number of pyridine rings is 1. The summed E-state index contributed by atoms with van der Waals surface area (Å²) in [6.07, 6.45) is -5.46. The molecule has 0 aliphatic carbocycles. The van der Waals surface area contributed by atoms with Crippen LogP contribution in [0.15, 0.2) is 59.1 Å². The highest BCUT2D eigenvalue weighted by Gasteiger charge is 2.95. The average molecular weight is 1020 g/mol. The molecule has 0 saturated heterocycles. The predicted molar refractivity (Wildman–Crippen MR) is 211 cm³/mol. The Balaban J connectivity index is 2.35. The van der Waals surface area contributed by atoms with E-state index in [2.05, 4.69) is 4.98 Å². The topological polar surface area (TPSA) is 107 Å². The van der Waals surface area contributed by atoms with Crippen molar-refractivity contribution in [3.63, 3.8) is 0 Å². The van der Waals surface area contributed by atoms with Crippen LogP contribution in [-0.2, 0) is 13.9 Å². The molecule has 382 valence electrons. The monoisotopic (exact) mass is 1020 g/mol. The molecule has 1 aromatic carbocycles. The Bertz CT molecular complexity index is 2080. The van der Waals surface area contributed by atoms with Gasteiger partial charge in [-0.2, -0.15) is 74.6 Å². The predicted octanol–water partition coefficient (Wildman–Crippen LogP) is 12.6. The number of nitrogens with one attached hydrogen (secondary N) is 1. The van der Waals surface area contributed by atoms with Gasteiger partial charge >= 0.3 is 47.6 Å². The fourth-order valence-corrected chi connectivity index (χ4v) is 11.2. The molecule has 0 radical (unpaired) electrons. The van der Waals surface area contributed by atoms with Gasteiger partial charge in [0.25, 0.3) is 5.56 Å².